The molecule has 0 aromatic carbocycles. The molecular weight excluding hydrogens is 463 g/mol. The molecule has 0 spiro atoms. The highest BCUT2D eigenvalue weighted by atomic mass is 127. The van der Waals surface area contributed by atoms with Crippen molar-refractivity contribution < 1.29 is 0 Å². The fourth-order valence-electron chi connectivity index (χ4n) is 2.49. The molecule has 0 aliphatic rings. The Bertz CT molecular complexity index is 663. The molecule has 0 amide bonds. The van der Waals surface area contributed by atoms with Gasteiger partial charge in [-0.3, -0.25) is 4.99 Å². The maximum absolute atomic E-state index is 4.69. The molecule has 2 heterocycles. The average Bonchev–Trinajstić information content (AvgIpc) is 3.20. The summed E-state index contributed by atoms with van der Waals surface area (Å²) >= 11 is 3.61. The van der Waals surface area contributed by atoms with E-state index in [2.05, 4.69) is 65.8 Å². The Morgan fingerprint density at radius 3 is 2.64 bits per heavy atom. The minimum Gasteiger partial charge on any atom is -0.356 e. The van der Waals surface area contributed by atoms with E-state index >= 15 is 0 Å². The van der Waals surface area contributed by atoms with Crippen LogP contribution >= 0.6 is 46.7 Å². The van der Waals surface area contributed by atoms with Crippen LogP contribution in [0, 0.1) is 6.92 Å². The number of nitrogens with one attached hydrogen (secondary N) is 2. The van der Waals surface area contributed by atoms with Gasteiger partial charge in [0.15, 0.2) is 5.96 Å². The van der Waals surface area contributed by atoms with Gasteiger partial charge in [0.2, 0.25) is 0 Å². The number of aromatic nitrogens is 1. The molecule has 0 radical (unpaired) electrons. The molecule has 2 rings (SSSR count). The van der Waals surface area contributed by atoms with E-state index in [9.17, 15) is 0 Å². The molecule has 0 aliphatic heterocycles. The predicted molar refractivity (Wildman–Crippen MR) is 122 cm³/mol. The van der Waals surface area contributed by atoms with Crippen molar-refractivity contribution in [2.45, 2.75) is 46.0 Å². The Balaban J connectivity index is 0.00000312. The zero-order valence-electron chi connectivity index (χ0n) is 15.7. The number of hydrogen-bond acceptors (Lipinski definition) is 4. The van der Waals surface area contributed by atoms with Crippen LogP contribution in [0.4, 0.5) is 0 Å². The Hall–Kier alpha value is -0.670. The van der Waals surface area contributed by atoms with Crippen molar-refractivity contribution in [1.82, 2.24) is 15.6 Å². The minimum absolute atomic E-state index is 0. The molecular formula is C18H29IN4S2. The maximum atomic E-state index is 4.69. The van der Waals surface area contributed by atoms with Crippen LogP contribution < -0.4 is 10.6 Å². The summed E-state index contributed by atoms with van der Waals surface area (Å²) in [4.78, 5) is 11.7. The van der Waals surface area contributed by atoms with Crippen LogP contribution in [0.3, 0.4) is 0 Å². The van der Waals surface area contributed by atoms with Crippen molar-refractivity contribution in [3.05, 3.63) is 38.0 Å². The van der Waals surface area contributed by atoms with E-state index in [4.69, 9.17) is 0 Å². The first-order chi connectivity index (χ1) is 11.5. The van der Waals surface area contributed by atoms with E-state index in [1.807, 2.05) is 7.05 Å². The summed E-state index contributed by atoms with van der Waals surface area (Å²) < 4.78 is 0. The fraction of sp³-hybridized carbons (Fsp3) is 0.556. The topological polar surface area (TPSA) is 49.3 Å². The van der Waals surface area contributed by atoms with E-state index in [1.54, 1.807) is 22.7 Å². The van der Waals surface area contributed by atoms with Crippen LogP contribution in [-0.4, -0.2) is 31.1 Å². The highest BCUT2D eigenvalue weighted by Crippen LogP contribution is 2.26. The van der Waals surface area contributed by atoms with Crippen molar-refractivity contribution in [2.75, 3.05) is 20.1 Å². The molecule has 2 aromatic rings. The lowest BCUT2D eigenvalue weighted by Crippen LogP contribution is -2.43. The zero-order chi connectivity index (χ0) is 17.6. The van der Waals surface area contributed by atoms with Gasteiger partial charge in [0.05, 0.1) is 10.7 Å². The first-order valence-electron chi connectivity index (χ1n) is 8.40. The van der Waals surface area contributed by atoms with Crippen LogP contribution in [0.1, 0.15) is 41.2 Å². The van der Waals surface area contributed by atoms with Crippen LogP contribution in [0.15, 0.2) is 22.5 Å². The molecule has 0 saturated heterocycles. The molecule has 0 fully saturated rings. The van der Waals surface area contributed by atoms with Crippen LogP contribution in [0.2, 0.25) is 0 Å². The Morgan fingerprint density at radius 1 is 1.32 bits per heavy atom. The number of nitrogens with zero attached hydrogens (tertiary/aromatic N) is 2. The summed E-state index contributed by atoms with van der Waals surface area (Å²) in [5.74, 6) is 0.851. The van der Waals surface area contributed by atoms with Crippen molar-refractivity contribution in [1.29, 1.82) is 0 Å². The molecule has 0 bridgehead atoms. The molecule has 4 nitrogen and oxygen atoms in total. The van der Waals surface area contributed by atoms with Crippen LogP contribution in [0.5, 0.6) is 0 Å². The van der Waals surface area contributed by atoms with E-state index < -0.39 is 0 Å². The lowest BCUT2D eigenvalue weighted by atomic mass is 9.91. The zero-order valence-corrected chi connectivity index (χ0v) is 19.6. The Morgan fingerprint density at radius 2 is 2.08 bits per heavy atom. The highest BCUT2D eigenvalue weighted by Gasteiger charge is 2.21. The summed E-state index contributed by atoms with van der Waals surface area (Å²) in [5.41, 5.74) is 1.32. The third-order valence-electron chi connectivity index (χ3n) is 4.01. The first-order valence-corrected chi connectivity index (χ1v) is 10.1. The molecule has 0 unspecified atom stereocenters. The van der Waals surface area contributed by atoms with Gasteiger partial charge in [0.25, 0.3) is 0 Å². The standard InChI is InChI=1S/C18H28N4S2.HI/c1-6-14-13(2)24-16(22-14)9-10-20-17(19-5)21-12-18(3,4)15-8-7-11-23-15;/h7-8,11H,6,9-10,12H2,1-5H3,(H2,19,20,21);1H. The van der Waals surface area contributed by atoms with Gasteiger partial charge in [0.1, 0.15) is 0 Å². The highest BCUT2D eigenvalue weighted by molar-refractivity contribution is 14.0. The van der Waals surface area contributed by atoms with Crippen molar-refractivity contribution >= 4 is 52.6 Å². The first kappa shape index (κ1) is 22.4. The third-order valence-corrected chi connectivity index (χ3v) is 6.32. The van der Waals surface area contributed by atoms with E-state index in [0.717, 1.165) is 31.9 Å². The molecule has 7 heteroatoms. The minimum atomic E-state index is 0. The number of rotatable bonds is 7. The normalized spacial score (nSPS) is 12.0. The van der Waals surface area contributed by atoms with Gasteiger partial charge in [-0.05, 0) is 24.8 Å². The number of aryl methyl sites for hydroxylation is 2. The number of halogens is 1. The summed E-state index contributed by atoms with van der Waals surface area (Å²) in [6, 6.07) is 4.30. The lowest BCUT2D eigenvalue weighted by Gasteiger charge is -2.25. The number of hydrogen-bond donors (Lipinski definition) is 2. The Labute approximate surface area is 176 Å². The van der Waals surface area contributed by atoms with Gasteiger partial charge in [0, 0.05) is 41.7 Å². The monoisotopic (exact) mass is 492 g/mol. The van der Waals surface area contributed by atoms with E-state index in [0.29, 0.717) is 0 Å². The summed E-state index contributed by atoms with van der Waals surface area (Å²) in [6.07, 6.45) is 1.94. The molecule has 2 N–H and O–H groups in total. The lowest BCUT2D eigenvalue weighted by molar-refractivity contribution is 0.518. The fourth-order valence-corrected chi connectivity index (χ4v) is 4.36. The summed E-state index contributed by atoms with van der Waals surface area (Å²) in [6.45, 7) is 10.5. The maximum Gasteiger partial charge on any atom is 0.191 e. The van der Waals surface area contributed by atoms with Crippen LogP contribution in [0.25, 0.3) is 0 Å². The average molecular weight is 492 g/mol. The van der Waals surface area contributed by atoms with Gasteiger partial charge >= 0.3 is 0 Å². The molecule has 0 aliphatic carbocycles. The van der Waals surface area contributed by atoms with Crippen molar-refractivity contribution in [2.24, 2.45) is 4.99 Å². The molecule has 140 valence electrons. The smallest absolute Gasteiger partial charge is 0.191 e. The van der Waals surface area contributed by atoms with Gasteiger partial charge in [-0.25, -0.2) is 4.98 Å². The van der Waals surface area contributed by atoms with Gasteiger partial charge in [-0.1, -0.05) is 26.8 Å². The molecule has 0 saturated carbocycles. The number of guanidine groups is 1. The van der Waals surface area contributed by atoms with Gasteiger partial charge < -0.3 is 10.6 Å². The molecule has 0 atom stereocenters. The second-order valence-corrected chi connectivity index (χ2v) is 8.66. The Kier molecular flexibility index (Phi) is 9.37. The number of thiazole rings is 1. The number of thiophene rings is 1. The largest absolute Gasteiger partial charge is 0.356 e. The van der Waals surface area contributed by atoms with Gasteiger partial charge in [-0.2, -0.15) is 0 Å². The van der Waals surface area contributed by atoms with Gasteiger partial charge in [-0.15, -0.1) is 46.7 Å². The second-order valence-electron chi connectivity index (χ2n) is 6.43. The third kappa shape index (κ3) is 6.53. The summed E-state index contributed by atoms with van der Waals surface area (Å²) in [7, 11) is 1.82. The summed E-state index contributed by atoms with van der Waals surface area (Å²) in [5, 5.41) is 10.2. The second kappa shape index (κ2) is 10.5. The molecule has 25 heavy (non-hydrogen) atoms. The molecule has 2 aromatic heterocycles. The van der Waals surface area contributed by atoms with E-state index in [1.165, 1.54) is 20.5 Å². The SMILES string of the molecule is CCc1nc(CCNC(=NC)NCC(C)(C)c2cccs2)sc1C.I. The van der Waals surface area contributed by atoms with E-state index in [-0.39, 0.29) is 29.4 Å². The quantitative estimate of drug-likeness (QED) is 0.343. The van der Waals surface area contributed by atoms with Crippen LogP contribution in [-0.2, 0) is 18.3 Å². The number of aliphatic imine (C=N–C) groups is 1. The predicted octanol–water partition coefficient (Wildman–Crippen LogP) is 4.38. The van der Waals surface area contributed by atoms with Crippen molar-refractivity contribution in [3.63, 3.8) is 0 Å². The van der Waals surface area contributed by atoms with Crippen molar-refractivity contribution in [3.8, 4) is 0 Å².